The normalized spacial score (nSPS) is 13.5. The second-order valence-corrected chi connectivity index (χ2v) is 4.51. The van der Waals surface area contributed by atoms with Crippen LogP contribution in [-0.2, 0) is 11.3 Å². The molecular formula is C15H11NO5. The molecule has 0 saturated heterocycles. The van der Waals surface area contributed by atoms with E-state index >= 15 is 0 Å². The summed E-state index contributed by atoms with van der Waals surface area (Å²) in [6, 6.07) is 8.14. The number of hydrogen-bond donors (Lipinski definition) is 0. The Labute approximate surface area is 119 Å². The first-order chi connectivity index (χ1) is 10.1. The molecule has 0 aliphatic carbocycles. The zero-order valence-electron chi connectivity index (χ0n) is 11.2. The van der Waals surface area contributed by atoms with E-state index in [1.807, 2.05) is 0 Å². The fourth-order valence-electron chi connectivity index (χ4n) is 2.29. The summed E-state index contributed by atoms with van der Waals surface area (Å²) >= 11 is 0. The van der Waals surface area contributed by atoms with Crippen molar-refractivity contribution in [1.29, 1.82) is 0 Å². The van der Waals surface area contributed by atoms with E-state index in [2.05, 4.69) is 4.74 Å². The third kappa shape index (κ3) is 2.01. The zero-order chi connectivity index (χ0) is 15.0. The van der Waals surface area contributed by atoms with Gasteiger partial charge in [0.2, 0.25) is 5.76 Å². The van der Waals surface area contributed by atoms with Crippen LogP contribution in [0.15, 0.2) is 41.0 Å². The Morgan fingerprint density at radius 3 is 2.33 bits per heavy atom. The van der Waals surface area contributed by atoms with Gasteiger partial charge >= 0.3 is 5.97 Å². The predicted molar refractivity (Wildman–Crippen MR) is 70.7 cm³/mol. The number of ether oxygens (including phenoxy) is 1. The van der Waals surface area contributed by atoms with Crippen molar-refractivity contribution in [3.05, 3.63) is 59.0 Å². The van der Waals surface area contributed by atoms with Crippen LogP contribution in [-0.4, -0.2) is 29.8 Å². The van der Waals surface area contributed by atoms with E-state index in [9.17, 15) is 14.4 Å². The summed E-state index contributed by atoms with van der Waals surface area (Å²) in [5.74, 6) is -1.42. The number of rotatable bonds is 3. The van der Waals surface area contributed by atoms with Gasteiger partial charge in [0.25, 0.3) is 11.8 Å². The minimum atomic E-state index is -0.647. The molecule has 1 aromatic carbocycles. The van der Waals surface area contributed by atoms with Crippen molar-refractivity contribution in [2.45, 2.75) is 6.54 Å². The molecule has 1 aromatic heterocycles. The van der Waals surface area contributed by atoms with E-state index in [-0.39, 0.29) is 24.1 Å². The summed E-state index contributed by atoms with van der Waals surface area (Å²) in [5, 5.41) is 0. The molecule has 2 aromatic rings. The number of carbonyl (C=O) groups is 3. The first kappa shape index (κ1) is 13.1. The number of imide groups is 1. The van der Waals surface area contributed by atoms with E-state index in [1.54, 1.807) is 24.3 Å². The molecule has 6 nitrogen and oxygen atoms in total. The molecule has 0 atom stereocenters. The number of furan rings is 1. The first-order valence-corrected chi connectivity index (χ1v) is 6.23. The van der Waals surface area contributed by atoms with Gasteiger partial charge in [-0.1, -0.05) is 12.1 Å². The maximum Gasteiger partial charge on any atom is 0.374 e. The topological polar surface area (TPSA) is 76.8 Å². The van der Waals surface area contributed by atoms with Crippen molar-refractivity contribution in [2.24, 2.45) is 0 Å². The lowest BCUT2D eigenvalue weighted by molar-refractivity contribution is 0.0551. The average molecular weight is 285 g/mol. The van der Waals surface area contributed by atoms with Gasteiger partial charge in [0.1, 0.15) is 0 Å². The maximum absolute atomic E-state index is 12.2. The Kier molecular flexibility index (Phi) is 3.06. The molecule has 0 saturated carbocycles. The van der Waals surface area contributed by atoms with Crippen molar-refractivity contribution in [2.75, 3.05) is 7.11 Å². The number of hydrogen-bond acceptors (Lipinski definition) is 5. The number of benzene rings is 1. The summed E-state index contributed by atoms with van der Waals surface area (Å²) in [6.07, 6.45) is 1.32. The highest BCUT2D eigenvalue weighted by Gasteiger charge is 2.36. The Morgan fingerprint density at radius 2 is 1.76 bits per heavy atom. The van der Waals surface area contributed by atoms with Crippen LogP contribution in [0.5, 0.6) is 0 Å². The van der Waals surface area contributed by atoms with Crippen LogP contribution in [0.25, 0.3) is 0 Å². The van der Waals surface area contributed by atoms with E-state index in [4.69, 9.17) is 4.42 Å². The van der Waals surface area contributed by atoms with Gasteiger partial charge in [0, 0.05) is 5.56 Å². The van der Waals surface area contributed by atoms with E-state index < -0.39 is 5.97 Å². The van der Waals surface area contributed by atoms with Crippen molar-refractivity contribution < 1.29 is 23.5 Å². The smallest absolute Gasteiger partial charge is 0.374 e. The van der Waals surface area contributed by atoms with Gasteiger partial charge in [0.15, 0.2) is 0 Å². The fourth-order valence-corrected chi connectivity index (χ4v) is 2.29. The average Bonchev–Trinajstić information content (AvgIpc) is 3.06. The van der Waals surface area contributed by atoms with Gasteiger partial charge in [-0.3, -0.25) is 14.5 Å². The van der Waals surface area contributed by atoms with Gasteiger partial charge in [-0.05, 0) is 18.2 Å². The molecule has 2 amide bonds. The Hall–Kier alpha value is -2.89. The zero-order valence-corrected chi connectivity index (χ0v) is 11.2. The van der Waals surface area contributed by atoms with Crippen LogP contribution in [0, 0.1) is 0 Å². The lowest BCUT2D eigenvalue weighted by Crippen LogP contribution is -2.29. The molecule has 0 unspecified atom stereocenters. The first-order valence-electron chi connectivity index (χ1n) is 6.23. The molecule has 3 rings (SSSR count). The van der Waals surface area contributed by atoms with Crippen molar-refractivity contribution in [3.8, 4) is 0 Å². The molecule has 106 valence electrons. The van der Waals surface area contributed by atoms with E-state index in [1.165, 1.54) is 19.4 Å². The second-order valence-electron chi connectivity index (χ2n) is 4.51. The number of methoxy groups -OCH3 is 1. The third-order valence-corrected chi connectivity index (χ3v) is 3.32. The fraction of sp³-hybridized carbons (Fsp3) is 0.133. The summed E-state index contributed by atoms with van der Waals surface area (Å²) in [7, 11) is 1.23. The van der Waals surface area contributed by atoms with Crippen LogP contribution >= 0.6 is 0 Å². The standard InChI is InChI=1S/C15H11NO5/c1-20-15(19)12-9(6-7-21-12)8-16-13(17)10-4-2-3-5-11(10)14(16)18/h2-7H,8H2,1H3. The summed E-state index contributed by atoms with van der Waals surface area (Å²) in [4.78, 5) is 37.1. The summed E-state index contributed by atoms with van der Waals surface area (Å²) in [5.41, 5.74) is 1.16. The van der Waals surface area contributed by atoms with Crippen molar-refractivity contribution >= 4 is 17.8 Å². The highest BCUT2D eigenvalue weighted by Crippen LogP contribution is 2.25. The number of carbonyl (C=O) groups excluding carboxylic acids is 3. The van der Waals surface area contributed by atoms with E-state index in [0.29, 0.717) is 16.7 Å². The molecule has 0 spiro atoms. The van der Waals surface area contributed by atoms with Gasteiger partial charge < -0.3 is 9.15 Å². The summed E-state index contributed by atoms with van der Waals surface area (Å²) in [6.45, 7) is -0.0344. The van der Waals surface area contributed by atoms with Gasteiger partial charge in [-0.2, -0.15) is 0 Å². The molecule has 1 aliphatic heterocycles. The Bertz CT molecular complexity index is 711. The molecule has 6 heteroatoms. The Balaban J connectivity index is 1.91. The third-order valence-electron chi connectivity index (χ3n) is 3.32. The van der Waals surface area contributed by atoms with Crippen LogP contribution < -0.4 is 0 Å². The SMILES string of the molecule is COC(=O)c1occc1CN1C(=O)c2ccccc2C1=O. The molecule has 0 bridgehead atoms. The van der Waals surface area contributed by atoms with Crippen LogP contribution in [0.3, 0.4) is 0 Å². The highest BCUT2D eigenvalue weighted by molar-refractivity contribution is 6.21. The van der Waals surface area contributed by atoms with Crippen molar-refractivity contribution in [1.82, 2.24) is 4.90 Å². The molecule has 21 heavy (non-hydrogen) atoms. The number of amides is 2. The second kappa shape index (κ2) is 4.90. The lowest BCUT2D eigenvalue weighted by atomic mass is 10.1. The number of fused-ring (bicyclic) bond motifs is 1. The van der Waals surface area contributed by atoms with Crippen LogP contribution in [0.2, 0.25) is 0 Å². The Morgan fingerprint density at radius 1 is 1.14 bits per heavy atom. The van der Waals surface area contributed by atoms with Gasteiger partial charge in [-0.25, -0.2) is 4.79 Å². The lowest BCUT2D eigenvalue weighted by Gasteiger charge is -2.13. The number of esters is 1. The van der Waals surface area contributed by atoms with Crippen LogP contribution in [0.1, 0.15) is 36.8 Å². The predicted octanol–water partition coefficient (Wildman–Crippen LogP) is 1.86. The molecule has 0 N–H and O–H groups in total. The monoisotopic (exact) mass is 285 g/mol. The number of nitrogens with zero attached hydrogens (tertiary/aromatic N) is 1. The molecule has 0 fully saturated rings. The van der Waals surface area contributed by atoms with Crippen molar-refractivity contribution in [3.63, 3.8) is 0 Å². The molecule has 2 heterocycles. The van der Waals surface area contributed by atoms with Gasteiger partial charge in [0.05, 0.1) is 31.0 Å². The van der Waals surface area contributed by atoms with Crippen LogP contribution in [0.4, 0.5) is 0 Å². The summed E-state index contributed by atoms with van der Waals surface area (Å²) < 4.78 is 9.65. The minimum absolute atomic E-state index is 0.00550. The largest absolute Gasteiger partial charge is 0.463 e. The van der Waals surface area contributed by atoms with Gasteiger partial charge in [-0.15, -0.1) is 0 Å². The quantitative estimate of drug-likeness (QED) is 0.635. The molecular weight excluding hydrogens is 274 g/mol. The molecule has 1 aliphatic rings. The van der Waals surface area contributed by atoms with E-state index in [0.717, 1.165) is 4.90 Å². The highest BCUT2D eigenvalue weighted by atomic mass is 16.5. The minimum Gasteiger partial charge on any atom is -0.463 e. The maximum atomic E-state index is 12.2. The molecule has 0 radical (unpaired) electrons.